The van der Waals surface area contributed by atoms with Gasteiger partial charge in [-0.15, -0.1) is 0 Å². The Morgan fingerprint density at radius 2 is 1.67 bits per heavy atom. The van der Waals surface area contributed by atoms with Gasteiger partial charge in [0.15, 0.2) is 0 Å². The molecule has 156 valence electrons. The van der Waals surface area contributed by atoms with E-state index in [2.05, 4.69) is 42.4 Å². The largest absolute Gasteiger partial charge is 0.348 e. The lowest BCUT2D eigenvalue weighted by molar-refractivity contribution is -0.135. The minimum absolute atomic E-state index is 0.0672. The van der Waals surface area contributed by atoms with E-state index in [1.807, 2.05) is 14.1 Å². The summed E-state index contributed by atoms with van der Waals surface area (Å²) in [7, 11) is 3.64. The van der Waals surface area contributed by atoms with Gasteiger partial charge in [-0.3, -0.25) is 14.5 Å². The number of rotatable bonds is 5. The van der Waals surface area contributed by atoms with Gasteiger partial charge < -0.3 is 14.7 Å². The van der Waals surface area contributed by atoms with Crippen LogP contribution in [-0.2, 0) is 9.59 Å². The normalized spacial score (nSPS) is 23.5. The summed E-state index contributed by atoms with van der Waals surface area (Å²) < 4.78 is 0. The molecule has 2 amide bonds. The van der Waals surface area contributed by atoms with Crippen LogP contribution in [0.25, 0.3) is 0 Å². The van der Waals surface area contributed by atoms with Crippen LogP contribution in [0.2, 0.25) is 0 Å². The van der Waals surface area contributed by atoms with E-state index in [1.54, 1.807) is 4.90 Å². The number of piperidine rings is 1. The van der Waals surface area contributed by atoms with Crippen molar-refractivity contribution in [3.8, 4) is 0 Å². The molecular formula is C21H40N4O2. The molecule has 1 atom stereocenters. The van der Waals surface area contributed by atoms with Gasteiger partial charge in [-0.05, 0) is 31.1 Å². The third-order valence-corrected chi connectivity index (χ3v) is 5.85. The van der Waals surface area contributed by atoms with E-state index in [1.165, 1.54) is 0 Å². The number of hydrogen-bond acceptors (Lipinski definition) is 4. The summed E-state index contributed by atoms with van der Waals surface area (Å²) in [5.74, 6) is 1.18. The maximum atomic E-state index is 12.4. The molecule has 0 aromatic rings. The maximum Gasteiger partial charge on any atom is 0.236 e. The van der Waals surface area contributed by atoms with Gasteiger partial charge in [0.2, 0.25) is 11.8 Å². The number of likely N-dealkylation sites (tertiary alicyclic amines) is 1. The Balaban J connectivity index is 1.72. The maximum absolute atomic E-state index is 12.4. The highest BCUT2D eigenvalue weighted by atomic mass is 16.2. The number of amides is 2. The van der Waals surface area contributed by atoms with Gasteiger partial charge in [-0.25, -0.2) is 0 Å². The summed E-state index contributed by atoms with van der Waals surface area (Å²) in [6.45, 7) is 15.1. The molecule has 27 heavy (non-hydrogen) atoms. The van der Waals surface area contributed by atoms with Crippen LogP contribution >= 0.6 is 0 Å². The minimum atomic E-state index is 0.0672. The fraction of sp³-hybridized carbons (Fsp3) is 0.905. The van der Waals surface area contributed by atoms with Gasteiger partial charge in [0.05, 0.1) is 6.54 Å². The van der Waals surface area contributed by atoms with Crippen molar-refractivity contribution in [2.24, 2.45) is 11.3 Å². The number of hydrogen-bond donors (Lipinski definition) is 0. The van der Waals surface area contributed by atoms with Crippen LogP contribution in [0.5, 0.6) is 0 Å². The summed E-state index contributed by atoms with van der Waals surface area (Å²) >= 11 is 0. The van der Waals surface area contributed by atoms with Gasteiger partial charge in [-0.1, -0.05) is 20.8 Å². The Labute approximate surface area is 165 Å². The van der Waals surface area contributed by atoms with E-state index in [9.17, 15) is 9.59 Å². The molecule has 2 heterocycles. The van der Waals surface area contributed by atoms with Crippen molar-refractivity contribution in [2.75, 3.05) is 59.9 Å². The average Bonchev–Trinajstić information content (AvgIpc) is 2.56. The third-order valence-electron chi connectivity index (χ3n) is 5.85. The van der Waals surface area contributed by atoms with Crippen LogP contribution in [0.1, 0.15) is 47.0 Å². The standard InChI is InChI=1S/C21H40N4O2/c1-17-14-23(11-12-25(17)16-20(27)22(5)6)15-18-7-9-24(10-8-18)19(26)13-21(2,3)4/h17-18H,7-16H2,1-6H3/t17-/m1/s1. The van der Waals surface area contributed by atoms with E-state index in [0.29, 0.717) is 30.8 Å². The fourth-order valence-corrected chi connectivity index (χ4v) is 4.08. The molecule has 2 aliphatic heterocycles. The quantitative estimate of drug-likeness (QED) is 0.729. The minimum Gasteiger partial charge on any atom is -0.348 e. The number of likely N-dealkylation sites (N-methyl/N-ethyl adjacent to an activating group) is 1. The van der Waals surface area contributed by atoms with Crippen LogP contribution in [0.15, 0.2) is 0 Å². The first-order chi connectivity index (χ1) is 12.5. The highest BCUT2D eigenvalue weighted by Crippen LogP contribution is 2.24. The summed E-state index contributed by atoms with van der Waals surface area (Å²) in [5, 5.41) is 0. The smallest absolute Gasteiger partial charge is 0.236 e. The summed E-state index contributed by atoms with van der Waals surface area (Å²) in [4.78, 5) is 33.0. The first-order valence-electron chi connectivity index (χ1n) is 10.5. The molecular weight excluding hydrogens is 340 g/mol. The Morgan fingerprint density at radius 3 is 2.19 bits per heavy atom. The summed E-state index contributed by atoms with van der Waals surface area (Å²) in [6.07, 6.45) is 2.87. The molecule has 0 saturated carbocycles. The first kappa shape index (κ1) is 22.2. The molecule has 0 bridgehead atoms. The molecule has 6 nitrogen and oxygen atoms in total. The zero-order chi connectivity index (χ0) is 20.2. The number of carbonyl (C=O) groups is 2. The van der Waals surface area contributed by atoms with Crippen molar-refractivity contribution in [1.29, 1.82) is 0 Å². The van der Waals surface area contributed by atoms with Crippen LogP contribution in [0, 0.1) is 11.3 Å². The molecule has 6 heteroatoms. The Morgan fingerprint density at radius 1 is 1.04 bits per heavy atom. The van der Waals surface area contributed by atoms with E-state index in [0.717, 1.165) is 52.1 Å². The molecule has 2 aliphatic rings. The van der Waals surface area contributed by atoms with E-state index in [-0.39, 0.29) is 11.3 Å². The number of nitrogens with zero attached hydrogens (tertiary/aromatic N) is 4. The van der Waals surface area contributed by atoms with Gasteiger partial charge in [0.25, 0.3) is 0 Å². The highest BCUT2D eigenvalue weighted by molar-refractivity contribution is 5.77. The molecule has 0 spiro atoms. The van der Waals surface area contributed by atoms with Crippen molar-refractivity contribution < 1.29 is 9.59 Å². The predicted molar refractivity (Wildman–Crippen MR) is 110 cm³/mol. The Kier molecular flexibility index (Phi) is 7.69. The van der Waals surface area contributed by atoms with Crippen LogP contribution in [0.4, 0.5) is 0 Å². The number of piperazine rings is 1. The second kappa shape index (κ2) is 9.37. The van der Waals surface area contributed by atoms with Crippen LogP contribution in [0.3, 0.4) is 0 Å². The molecule has 0 unspecified atom stereocenters. The van der Waals surface area contributed by atoms with Crippen LogP contribution < -0.4 is 0 Å². The summed E-state index contributed by atoms with van der Waals surface area (Å²) in [5.41, 5.74) is 0.0672. The van der Waals surface area contributed by atoms with Gasteiger partial charge in [-0.2, -0.15) is 0 Å². The topological polar surface area (TPSA) is 47.1 Å². The van der Waals surface area contributed by atoms with Crippen molar-refractivity contribution in [3.05, 3.63) is 0 Å². The van der Waals surface area contributed by atoms with E-state index in [4.69, 9.17) is 0 Å². The third kappa shape index (κ3) is 7.07. The Hall–Kier alpha value is -1.14. The molecule has 2 rings (SSSR count). The molecule has 0 radical (unpaired) electrons. The zero-order valence-corrected chi connectivity index (χ0v) is 18.3. The molecule has 2 fully saturated rings. The highest BCUT2D eigenvalue weighted by Gasteiger charge is 2.30. The van der Waals surface area contributed by atoms with Gasteiger partial charge in [0, 0.05) is 65.8 Å². The zero-order valence-electron chi connectivity index (χ0n) is 18.3. The molecule has 0 aromatic heterocycles. The lowest BCUT2D eigenvalue weighted by Crippen LogP contribution is -2.55. The molecule has 0 aromatic carbocycles. The molecule has 0 aliphatic carbocycles. The molecule has 0 N–H and O–H groups in total. The number of carbonyl (C=O) groups excluding carboxylic acids is 2. The molecule has 2 saturated heterocycles. The van der Waals surface area contributed by atoms with Gasteiger partial charge >= 0.3 is 0 Å². The fourth-order valence-electron chi connectivity index (χ4n) is 4.08. The first-order valence-corrected chi connectivity index (χ1v) is 10.5. The van der Waals surface area contributed by atoms with Crippen molar-refractivity contribution in [2.45, 2.75) is 53.0 Å². The average molecular weight is 381 g/mol. The van der Waals surface area contributed by atoms with Gasteiger partial charge in [0.1, 0.15) is 0 Å². The monoisotopic (exact) mass is 380 g/mol. The second-order valence-corrected chi connectivity index (χ2v) is 9.93. The predicted octanol–water partition coefficient (Wildman–Crippen LogP) is 1.76. The second-order valence-electron chi connectivity index (χ2n) is 9.93. The van der Waals surface area contributed by atoms with E-state index >= 15 is 0 Å². The SMILES string of the molecule is C[C@@H]1CN(CC2CCN(C(=O)CC(C)(C)C)CC2)CCN1CC(=O)N(C)C. The van der Waals surface area contributed by atoms with Crippen LogP contribution in [-0.4, -0.2) is 97.4 Å². The summed E-state index contributed by atoms with van der Waals surface area (Å²) in [6, 6.07) is 0.413. The lowest BCUT2D eigenvalue weighted by Gasteiger charge is -2.42. The lowest BCUT2D eigenvalue weighted by atomic mass is 9.90. The van der Waals surface area contributed by atoms with Crippen molar-refractivity contribution >= 4 is 11.8 Å². The Bertz CT molecular complexity index is 507. The van der Waals surface area contributed by atoms with E-state index < -0.39 is 0 Å². The van der Waals surface area contributed by atoms with Crippen molar-refractivity contribution in [3.63, 3.8) is 0 Å². The van der Waals surface area contributed by atoms with Crippen molar-refractivity contribution in [1.82, 2.24) is 19.6 Å².